The van der Waals surface area contributed by atoms with Crippen LogP contribution in [-0.4, -0.2) is 43.0 Å². The van der Waals surface area contributed by atoms with Crippen molar-refractivity contribution < 1.29 is 14.3 Å². The van der Waals surface area contributed by atoms with E-state index in [1.165, 1.54) is 11.8 Å². The molecule has 0 bridgehead atoms. The quantitative estimate of drug-likeness (QED) is 0.619. The van der Waals surface area contributed by atoms with Crippen molar-refractivity contribution >= 4 is 35.4 Å². The summed E-state index contributed by atoms with van der Waals surface area (Å²) in [6, 6.07) is 7.18. The molecule has 1 aromatic carbocycles. The summed E-state index contributed by atoms with van der Waals surface area (Å²) in [5, 5.41) is 2.93. The minimum absolute atomic E-state index is 0.0844. The number of aliphatic imine (C=N–C) groups is 1. The van der Waals surface area contributed by atoms with E-state index in [1.54, 1.807) is 19.2 Å². The van der Waals surface area contributed by atoms with Crippen LogP contribution in [0.15, 0.2) is 58.5 Å². The highest BCUT2D eigenvalue weighted by Crippen LogP contribution is 2.32. The molecule has 1 heterocycles. The van der Waals surface area contributed by atoms with Gasteiger partial charge in [-0.3, -0.25) is 9.59 Å². The van der Waals surface area contributed by atoms with Crippen LogP contribution in [0, 0.1) is 0 Å². The van der Waals surface area contributed by atoms with Crippen LogP contribution in [0.3, 0.4) is 0 Å². The first-order chi connectivity index (χ1) is 12.7. The number of amides is 2. The van der Waals surface area contributed by atoms with Gasteiger partial charge in [0, 0.05) is 25.8 Å². The SMILES string of the molecule is COCCCNC(=O)c1ccc(/C=C2/SC3C=CC=CC3=NC2=O)cc1. The van der Waals surface area contributed by atoms with Crippen LogP contribution in [0.1, 0.15) is 22.3 Å². The zero-order chi connectivity index (χ0) is 18.4. The van der Waals surface area contributed by atoms with Crippen molar-refractivity contribution in [1.82, 2.24) is 5.32 Å². The lowest BCUT2D eigenvalue weighted by atomic mass is 10.1. The van der Waals surface area contributed by atoms with E-state index in [0.717, 1.165) is 17.7 Å². The molecule has 5 nitrogen and oxygen atoms in total. The number of carbonyl (C=O) groups excluding carboxylic acids is 2. The molecule has 2 amide bonds. The van der Waals surface area contributed by atoms with Gasteiger partial charge in [-0.1, -0.05) is 30.4 Å². The van der Waals surface area contributed by atoms with Crippen LogP contribution >= 0.6 is 11.8 Å². The van der Waals surface area contributed by atoms with Gasteiger partial charge in [0.05, 0.1) is 15.9 Å². The van der Waals surface area contributed by atoms with Gasteiger partial charge in [-0.2, -0.15) is 0 Å². The number of benzene rings is 1. The van der Waals surface area contributed by atoms with Crippen molar-refractivity contribution in [3.05, 3.63) is 64.6 Å². The summed E-state index contributed by atoms with van der Waals surface area (Å²) in [7, 11) is 1.64. The molecule has 1 aliphatic heterocycles. The Morgan fingerprint density at radius 3 is 2.88 bits per heavy atom. The Labute approximate surface area is 156 Å². The molecule has 1 atom stereocenters. The van der Waals surface area contributed by atoms with Gasteiger partial charge in [-0.15, -0.1) is 11.8 Å². The van der Waals surface area contributed by atoms with E-state index in [9.17, 15) is 9.59 Å². The molecule has 0 fully saturated rings. The van der Waals surface area contributed by atoms with Crippen LogP contribution in [0.5, 0.6) is 0 Å². The molecular weight excluding hydrogens is 348 g/mol. The van der Waals surface area contributed by atoms with E-state index < -0.39 is 0 Å². The molecule has 26 heavy (non-hydrogen) atoms. The van der Waals surface area contributed by atoms with Crippen molar-refractivity contribution in [2.75, 3.05) is 20.3 Å². The first kappa shape index (κ1) is 18.4. The number of nitrogens with one attached hydrogen (secondary N) is 1. The number of methoxy groups -OCH3 is 1. The summed E-state index contributed by atoms with van der Waals surface area (Å²) in [4.78, 5) is 29.0. The fourth-order valence-corrected chi connectivity index (χ4v) is 3.62. The number of hydrogen-bond acceptors (Lipinski definition) is 4. The average Bonchev–Trinajstić information content (AvgIpc) is 2.66. The summed E-state index contributed by atoms with van der Waals surface area (Å²) in [5.74, 6) is -0.335. The average molecular weight is 368 g/mol. The Morgan fingerprint density at radius 2 is 2.12 bits per heavy atom. The lowest BCUT2D eigenvalue weighted by Crippen LogP contribution is -2.25. The Kier molecular flexibility index (Phi) is 6.20. The molecule has 1 aromatic rings. The number of ether oxygens (including phenoxy) is 1. The standard InChI is InChI=1S/C20H20N2O3S/c1-25-12-4-11-21-19(23)15-9-7-14(8-10-15)13-18-20(24)22-16-5-2-3-6-17(16)26-18/h2-3,5-10,13,17H,4,11-12H2,1H3,(H,21,23)/b18-13+. The predicted molar refractivity (Wildman–Crippen MR) is 105 cm³/mol. The number of thioether (sulfide) groups is 1. The fraction of sp³-hybridized carbons (Fsp3) is 0.250. The second kappa shape index (κ2) is 8.78. The number of allylic oxidation sites excluding steroid dienone is 3. The molecule has 0 radical (unpaired) electrons. The summed E-state index contributed by atoms with van der Waals surface area (Å²) in [5.41, 5.74) is 2.25. The van der Waals surface area contributed by atoms with E-state index in [4.69, 9.17) is 4.74 Å². The Hall–Kier alpha value is -2.44. The third-order valence-electron chi connectivity index (χ3n) is 3.93. The molecule has 2 aliphatic rings. The van der Waals surface area contributed by atoms with Gasteiger partial charge in [-0.05, 0) is 36.3 Å². The van der Waals surface area contributed by atoms with Crippen molar-refractivity contribution in [3.8, 4) is 0 Å². The Balaban J connectivity index is 1.65. The number of nitrogens with zero attached hydrogens (tertiary/aromatic N) is 1. The summed E-state index contributed by atoms with van der Waals surface area (Å²) in [6.45, 7) is 1.20. The third kappa shape index (κ3) is 4.59. The maximum atomic E-state index is 12.2. The number of carbonyl (C=O) groups is 2. The van der Waals surface area contributed by atoms with Gasteiger partial charge < -0.3 is 10.1 Å². The second-order valence-corrected chi connectivity index (χ2v) is 7.04. The first-order valence-corrected chi connectivity index (χ1v) is 9.28. The van der Waals surface area contributed by atoms with Gasteiger partial charge in [-0.25, -0.2) is 4.99 Å². The zero-order valence-corrected chi connectivity index (χ0v) is 15.3. The van der Waals surface area contributed by atoms with Gasteiger partial charge >= 0.3 is 0 Å². The molecule has 1 unspecified atom stereocenters. The predicted octanol–water partition coefficient (Wildman–Crippen LogP) is 3.00. The number of hydrogen-bond donors (Lipinski definition) is 1. The van der Waals surface area contributed by atoms with Gasteiger partial charge in [0.15, 0.2) is 0 Å². The summed E-state index contributed by atoms with van der Waals surface area (Å²) < 4.78 is 4.95. The van der Waals surface area contributed by atoms with Gasteiger partial charge in [0.2, 0.25) is 0 Å². The molecule has 1 aliphatic carbocycles. The molecule has 0 aromatic heterocycles. The largest absolute Gasteiger partial charge is 0.385 e. The van der Waals surface area contributed by atoms with Crippen LogP contribution in [0.4, 0.5) is 0 Å². The topological polar surface area (TPSA) is 67.8 Å². The highest BCUT2D eigenvalue weighted by atomic mass is 32.2. The molecule has 0 spiro atoms. The van der Waals surface area contributed by atoms with E-state index >= 15 is 0 Å². The van der Waals surface area contributed by atoms with Crippen molar-refractivity contribution in [2.24, 2.45) is 4.99 Å². The van der Waals surface area contributed by atoms with Crippen molar-refractivity contribution in [2.45, 2.75) is 11.7 Å². The summed E-state index contributed by atoms with van der Waals surface area (Å²) >= 11 is 1.50. The van der Waals surface area contributed by atoms with Crippen LogP contribution in [0.2, 0.25) is 0 Å². The van der Waals surface area contributed by atoms with Crippen LogP contribution in [-0.2, 0) is 9.53 Å². The fourth-order valence-electron chi connectivity index (χ4n) is 2.57. The molecule has 3 rings (SSSR count). The summed E-state index contributed by atoms with van der Waals surface area (Å²) in [6.07, 6.45) is 10.3. The lowest BCUT2D eigenvalue weighted by molar-refractivity contribution is -0.113. The molecule has 6 heteroatoms. The minimum atomic E-state index is -0.221. The van der Waals surface area contributed by atoms with Gasteiger partial charge in [0.25, 0.3) is 11.8 Å². The normalized spacial score (nSPS) is 20.0. The lowest BCUT2D eigenvalue weighted by Gasteiger charge is -2.20. The zero-order valence-electron chi connectivity index (χ0n) is 14.5. The monoisotopic (exact) mass is 368 g/mol. The highest BCUT2D eigenvalue weighted by Gasteiger charge is 2.25. The van der Waals surface area contributed by atoms with Crippen LogP contribution in [0.25, 0.3) is 6.08 Å². The smallest absolute Gasteiger partial charge is 0.283 e. The van der Waals surface area contributed by atoms with Crippen molar-refractivity contribution in [3.63, 3.8) is 0 Å². The molecule has 134 valence electrons. The maximum absolute atomic E-state index is 12.2. The van der Waals surface area contributed by atoms with E-state index in [1.807, 2.05) is 42.5 Å². The molecule has 1 N–H and O–H groups in total. The maximum Gasteiger partial charge on any atom is 0.283 e. The number of rotatable bonds is 6. The van der Waals surface area contributed by atoms with E-state index in [0.29, 0.717) is 23.6 Å². The molecule has 0 saturated heterocycles. The van der Waals surface area contributed by atoms with E-state index in [2.05, 4.69) is 10.3 Å². The molecule has 0 saturated carbocycles. The van der Waals surface area contributed by atoms with Gasteiger partial charge in [0.1, 0.15) is 0 Å². The third-order valence-corrected chi connectivity index (χ3v) is 5.13. The Bertz CT molecular complexity index is 807. The highest BCUT2D eigenvalue weighted by molar-refractivity contribution is 8.05. The Morgan fingerprint density at radius 1 is 1.31 bits per heavy atom. The minimum Gasteiger partial charge on any atom is -0.385 e. The van der Waals surface area contributed by atoms with Crippen molar-refractivity contribution in [1.29, 1.82) is 0 Å². The van der Waals surface area contributed by atoms with E-state index in [-0.39, 0.29) is 17.1 Å². The number of fused-ring (bicyclic) bond motifs is 1. The first-order valence-electron chi connectivity index (χ1n) is 8.41. The molecular formula is C20H20N2O3S. The van der Waals surface area contributed by atoms with Crippen LogP contribution < -0.4 is 5.32 Å². The second-order valence-electron chi connectivity index (χ2n) is 5.86.